The number of aromatic hydroxyl groups is 1. The van der Waals surface area contributed by atoms with E-state index in [1.54, 1.807) is 0 Å². The van der Waals surface area contributed by atoms with Crippen molar-refractivity contribution in [3.8, 4) is 23.1 Å². The zero-order valence-corrected chi connectivity index (χ0v) is 26.9. The molecule has 0 aliphatic heterocycles. The van der Waals surface area contributed by atoms with Crippen molar-refractivity contribution in [2.24, 2.45) is 24.8 Å². The Kier molecular flexibility index (Phi) is 7.43. The highest BCUT2D eigenvalue weighted by molar-refractivity contribution is 7.09. The predicted molar refractivity (Wildman–Crippen MR) is 180 cm³/mol. The fourth-order valence-corrected chi connectivity index (χ4v) is 9.09. The zero-order valence-electron chi connectivity index (χ0n) is 26.1. The second kappa shape index (κ2) is 11.8. The number of hydrogen-bond donors (Lipinski definition) is 4. The molecule has 2 heterocycles. The van der Waals surface area contributed by atoms with Crippen LogP contribution in [0.5, 0.6) is 23.1 Å². The number of carbonyl (C=O) groups excluding carboxylic acids is 1. The highest BCUT2D eigenvalue weighted by atomic mass is 32.1. The van der Waals surface area contributed by atoms with Gasteiger partial charge >= 0.3 is 10.9 Å². The van der Waals surface area contributed by atoms with Crippen LogP contribution in [-0.4, -0.2) is 31.2 Å². The molecule has 4 N–H and O–H groups in total. The first-order valence-electron chi connectivity index (χ1n) is 16.2. The number of ether oxygens (including phenoxy) is 2. The van der Waals surface area contributed by atoms with Crippen molar-refractivity contribution in [2.75, 3.05) is 5.32 Å². The molecule has 47 heavy (non-hydrogen) atoms. The van der Waals surface area contributed by atoms with Gasteiger partial charge < -0.3 is 29.8 Å². The minimum atomic E-state index is -0.270. The highest BCUT2D eigenvalue weighted by Gasteiger charge is 2.51. The Bertz CT molecular complexity index is 1960. The first kappa shape index (κ1) is 29.6. The fraction of sp³-hybridized carbons (Fsp3) is 0.361. The van der Waals surface area contributed by atoms with Crippen molar-refractivity contribution in [3.05, 3.63) is 92.7 Å². The van der Waals surface area contributed by atoms with Gasteiger partial charge in [0, 0.05) is 30.8 Å². The molecule has 0 spiro atoms. The summed E-state index contributed by atoms with van der Waals surface area (Å²) in [5.41, 5.74) is 3.43. The number of nitrogens with one attached hydrogen (secondary N) is 3. The zero-order chi connectivity index (χ0) is 32.1. The molecule has 11 heteroatoms. The van der Waals surface area contributed by atoms with Gasteiger partial charge in [-0.15, -0.1) is 0 Å². The number of rotatable bonds is 9. The fourth-order valence-electron chi connectivity index (χ4n) is 8.33. The first-order chi connectivity index (χ1) is 22.8. The number of aromatic nitrogens is 3. The van der Waals surface area contributed by atoms with Crippen LogP contribution in [-0.2, 0) is 20.1 Å². The summed E-state index contributed by atoms with van der Waals surface area (Å²) >= 11 is 1.01. The van der Waals surface area contributed by atoms with Crippen LogP contribution in [0, 0.1) is 17.8 Å². The highest BCUT2D eigenvalue weighted by Crippen LogP contribution is 2.55. The van der Waals surface area contributed by atoms with E-state index in [9.17, 15) is 14.7 Å². The van der Waals surface area contributed by atoms with Gasteiger partial charge in [-0.3, -0.25) is 9.78 Å². The van der Waals surface area contributed by atoms with E-state index in [1.807, 2.05) is 78.3 Å². The minimum Gasteiger partial charge on any atom is -0.494 e. The number of imidazole rings is 1. The Hall–Kier alpha value is -4.77. The van der Waals surface area contributed by atoms with Crippen LogP contribution in [0.25, 0.3) is 11.0 Å². The third kappa shape index (κ3) is 6.19. The lowest BCUT2D eigenvalue weighted by atomic mass is 9.53. The molecular weight excluding hydrogens is 614 g/mol. The van der Waals surface area contributed by atoms with Gasteiger partial charge in [0.15, 0.2) is 0 Å². The predicted octanol–water partition coefficient (Wildman–Crippen LogP) is 7.08. The molecule has 9 rings (SSSR count). The quantitative estimate of drug-likeness (QED) is 0.135. The molecule has 4 fully saturated rings. The molecule has 2 amide bonds. The average molecular weight is 652 g/mol. The van der Waals surface area contributed by atoms with Crippen molar-refractivity contribution in [1.29, 1.82) is 0 Å². The van der Waals surface area contributed by atoms with Crippen LogP contribution in [0.1, 0.15) is 54.8 Å². The maximum atomic E-state index is 13.0. The Morgan fingerprint density at radius 2 is 1.64 bits per heavy atom. The van der Waals surface area contributed by atoms with E-state index in [2.05, 4.69) is 15.6 Å². The summed E-state index contributed by atoms with van der Waals surface area (Å²) in [6, 6.07) is 20.7. The summed E-state index contributed by atoms with van der Waals surface area (Å²) in [6.07, 6.45) is 7.87. The molecule has 3 aromatic carbocycles. The van der Waals surface area contributed by atoms with Crippen LogP contribution in [0.4, 0.5) is 10.5 Å². The monoisotopic (exact) mass is 651 g/mol. The van der Waals surface area contributed by atoms with Gasteiger partial charge in [-0.05, 0) is 110 Å². The Morgan fingerprint density at radius 1 is 0.979 bits per heavy atom. The largest absolute Gasteiger partial charge is 0.494 e. The lowest BCUT2D eigenvalue weighted by Crippen LogP contribution is -2.60. The van der Waals surface area contributed by atoms with Crippen molar-refractivity contribution >= 4 is 34.1 Å². The van der Waals surface area contributed by atoms with E-state index in [-0.39, 0.29) is 28.9 Å². The molecule has 4 aliphatic rings. The van der Waals surface area contributed by atoms with Crippen LogP contribution >= 0.6 is 11.3 Å². The lowest BCUT2D eigenvalue weighted by molar-refractivity contribution is -0.0127. The van der Waals surface area contributed by atoms with E-state index < -0.39 is 0 Å². The number of carbonyl (C=O) groups is 1. The number of aromatic amines is 1. The molecular formula is C36H37N5O5S. The topological polar surface area (TPSA) is 130 Å². The van der Waals surface area contributed by atoms with Gasteiger partial charge in [-0.1, -0.05) is 23.5 Å². The third-order valence-corrected chi connectivity index (χ3v) is 10.9. The molecule has 4 saturated carbocycles. The Labute approximate surface area is 275 Å². The number of thiazole rings is 1. The normalized spacial score (nSPS) is 22.8. The molecule has 4 bridgehead atoms. The van der Waals surface area contributed by atoms with Gasteiger partial charge in [0.1, 0.15) is 29.7 Å². The van der Waals surface area contributed by atoms with Crippen molar-refractivity contribution < 1.29 is 19.4 Å². The minimum absolute atomic E-state index is 0.0230. The average Bonchev–Trinajstić information content (AvgIpc) is 3.52. The second-order valence-corrected chi connectivity index (χ2v) is 14.6. The van der Waals surface area contributed by atoms with Crippen LogP contribution in [0.15, 0.2) is 71.5 Å². The second-order valence-electron chi connectivity index (χ2n) is 13.5. The van der Waals surface area contributed by atoms with Gasteiger partial charge in [-0.25, -0.2) is 9.78 Å². The van der Waals surface area contributed by atoms with E-state index in [0.717, 1.165) is 76.5 Å². The number of urea groups is 1. The van der Waals surface area contributed by atoms with Gasteiger partial charge in [-0.2, -0.15) is 0 Å². The summed E-state index contributed by atoms with van der Waals surface area (Å²) in [4.78, 5) is 31.9. The number of fused-ring (bicyclic) bond motifs is 1. The Morgan fingerprint density at radius 3 is 2.30 bits per heavy atom. The van der Waals surface area contributed by atoms with E-state index in [4.69, 9.17) is 14.5 Å². The molecule has 5 aromatic rings. The molecule has 10 nitrogen and oxygen atoms in total. The molecule has 0 radical (unpaired) electrons. The number of anilines is 1. The summed E-state index contributed by atoms with van der Waals surface area (Å²) in [5, 5.41) is 16.2. The van der Waals surface area contributed by atoms with E-state index >= 15 is 0 Å². The molecule has 0 atom stereocenters. The summed E-state index contributed by atoms with van der Waals surface area (Å²) in [6.45, 7) is 0.284. The van der Waals surface area contributed by atoms with Crippen LogP contribution in [0.3, 0.4) is 0 Å². The van der Waals surface area contributed by atoms with Crippen LogP contribution < -0.4 is 25.0 Å². The molecule has 242 valence electrons. The summed E-state index contributed by atoms with van der Waals surface area (Å²) in [7, 11) is 1.95. The first-order valence-corrected chi connectivity index (χ1v) is 17.0. The van der Waals surface area contributed by atoms with E-state index in [0.29, 0.717) is 28.5 Å². The molecule has 0 unspecified atom stereocenters. The number of benzene rings is 3. The standard InChI is InChI=1S/C36H37N5O5S/c1-41-30-16-28(10-11-29(30)38-32(41)20-45-26-6-2-21(3-7-26)15-31-33(42)39-35(44)47-31)46-27-8-4-25(5-9-27)37-34(43)40-36-17-22-12-23(18-36)14-24(13-22)19-36/h2-11,16,22-24,42H,12-15,17-20H2,1H3,(H,39,44)(H2,37,40,43). The summed E-state index contributed by atoms with van der Waals surface area (Å²) in [5.74, 6) is 5.08. The number of aryl methyl sites for hydroxylation is 1. The number of hydrogen-bond acceptors (Lipinski definition) is 7. The van der Waals surface area contributed by atoms with Gasteiger partial charge in [0.2, 0.25) is 5.88 Å². The molecule has 0 saturated heterocycles. The smallest absolute Gasteiger partial charge is 0.319 e. The summed E-state index contributed by atoms with van der Waals surface area (Å²) < 4.78 is 14.2. The maximum absolute atomic E-state index is 13.0. The van der Waals surface area contributed by atoms with Crippen molar-refractivity contribution in [3.63, 3.8) is 0 Å². The van der Waals surface area contributed by atoms with E-state index in [1.165, 1.54) is 19.3 Å². The molecule has 4 aliphatic carbocycles. The number of nitrogens with zero attached hydrogens (tertiary/aromatic N) is 2. The van der Waals surface area contributed by atoms with Crippen LogP contribution in [0.2, 0.25) is 0 Å². The number of amides is 2. The van der Waals surface area contributed by atoms with Gasteiger partial charge in [0.25, 0.3) is 0 Å². The Balaban J connectivity index is 0.866. The third-order valence-electron chi connectivity index (χ3n) is 10.1. The van der Waals surface area contributed by atoms with Crippen molar-refractivity contribution in [2.45, 2.75) is 57.1 Å². The molecule has 2 aromatic heterocycles. The SMILES string of the molecule is Cn1c(COc2ccc(Cc3sc(=O)[nH]c3O)cc2)nc2ccc(Oc3ccc(NC(=O)NC45CC6CC(CC(C6)C4)C5)cc3)cc21. The maximum Gasteiger partial charge on any atom is 0.319 e. The number of H-pyrrole nitrogens is 1. The van der Waals surface area contributed by atoms with Crippen molar-refractivity contribution in [1.82, 2.24) is 19.9 Å². The lowest BCUT2D eigenvalue weighted by Gasteiger charge is -2.56. The van der Waals surface area contributed by atoms with Gasteiger partial charge in [0.05, 0.1) is 15.9 Å².